The van der Waals surface area contributed by atoms with Crippen molar-refractivity contribution in [3.05, 3.63) is 24.3 Å². The normalized spacial score (nSPS) is 21.3. The average molecular weight is 796 g/mol. The van der Waals surface area contributed by atoms with Crippen LogP contribution in [0, 0.1) is 0 Å². The van der Waals surface area contributed by atoms with Crippen LogP contribution in [0.25, 0.3) is 0 Å². The van der Waals surface area contributed by atoms with E-state index in [1.54, 1.807) is 6.08 Å². The average Bonchev–Trinajstić information content (AvgIpc) is 3.20. The summed E-state index contributed by atoms with van der Waals surface area (Å²) in [6.07, 6.45) is 37.9. The minimum Gasteiger partial charge on any atom is -0.394 e. The molecule has 1 fully saturated rings. The van der Waals surface area contributed by atoms with E-state index in [1.807, 2.05) is 6.08 Å². The fourth-order valence-electron chi connectivity index (χ4n) is 7.47. The molecule has 1 aliphatic heterocycles. The second-order valence-corrected chi connectivity index (χ2v) is 16.5. The third kappa shape index (κ3) is 28.2. The molecule has 9 heteroatoms. The van der Waals surface area contributed by atoms with E-state index in [1.165, 1.54) is 154 Å². The highest BCUT2D eigenvalue weighted by Gasteiger charge is 2.44. The van der Waals surface area contributed by atoms with Crippen LogP contribution < -0.4 is 5.32 Å². The molecule has 7 atom stereocenters. The van der Waals surface area contributed by atoms with Crippen LogP contribution in [0.5, 0.6) is 0 Å². The molecule has 0 spiro atoms. The van der Waals surface area contributed by atoms with Gasteiger partial charge < -0.3 is 40.3 Å². The molecule has 2 unspecified atom stereocenters. The summed E-state index contributed by atoms with van der Waals surface area (Å²) in [6.45, 7) is 3.76. The van der Waals surface area contributed by atoms with Gasteiger partial charge in [0.15, 0.2) is 6.29 Å². The van der Waals surface area contributed by atoms with Crippen LogP contribution in [0.15, 0.2) is 24.3 Å². The summed E-state index contributed by atoms with van der Waals surface area (Å²) in [4.78, 5) is 12.9. The SMILES string of the molecule is CCCCCCCCCCCCC/C=C/CC/C=C/[C@@H](O)[C@H](CO[C@H]1O[C@@H](CO)[C@H](O)C(O)C1O)NC(=O)CCCCCCCCCCCCCCCCCC. The summed E-state index contributed by atoms with van der Waals surface area (Å²) >= 11 is 0. The van der Waals surface area contributed by atoms with Gasteiger partial charge in [0.2, 0.25) is 5.91 Å². The lowest BCUT2D eigenvalue weighted by Crippen LogP contribution is -2.60. The number of allylic oxidation sites excluding steroid dienone is 3. The molecule has 0 aromatic rings. The Morgan fingerprint density at radius 1 is 0.589 bits per heavy atom. The summed E-state index contributed by atoms with van der Waals surface area (Å²) in [5.74, 6) is -0.185. The smallest absolute Gasteiger partial charge is 0.220 e. The molecule has 0 radical (unpaired) electrons. The maximum absolute atomic E-state index is 12.9. The Morgan fingerprint density at radius 2 is 1.02 bits per heavy atom. The van der Waals surface area contributed by atoms with E-state index in [9.17, 15) is 30.3 Å². The summed E-state index contributed by atoms with van der Waals surface area (Å²) in [6, 6.07) is -0.816. The lowest BCUT2D eigenvalue weighted by molar-refractivity contribution is -0.302. The molecule has 0 aromatic carbocycles. The molecule has 0 bridgehead atoms. The molecule has 0 aliphatic carbocycles. The first-order valence-electron chi connectivity index (χ1n) is 23.6. The number of rotatable bonds is 39. The van der Waals surface area contributed by atoms with Crippen LogP contribution in [0.1, 0.15) is 213 Å². The fraction of sp³-hybridized carbons (Fsp3) is 0.894. The second-order valence-electron chi connectivity index (χ2n) is 16.5. The molecule has 1 amide bonds. The van der Waals surface area contributed by atoms with Crippen molar-refractivity contribution < 1.29 is 39.8 Å². The van der Waals surface area contributed by atoms with Gasteiger partial charge in [0.25, 0.3) is 0 Å². The van der Waals surface area contributed by atoms with E-state index < -0.39 is 49.5 Å². The first-order chi connectivity index (χ1) is 27.3. The predicted molar refractivity (Wildman–Crippen MR) is 230 cm³/mol. The maximum Gasteiger partial charge on any atom is 0.220 e. The standard InChI is InChI=1S/C47H89NO8/c1-3-5-7-9-11-13-15-17-19-21-22-24-26-28-30-32-34-36-41(50)40(39-55-47-46(54)45(53)44(52)42(38-49)56-47)48-43(51)37-35-33-31-29-27-25-23-20-18-16-14-12-10-8-6-4-2/h26,28,34,36,40-42,44-47,49-50,52-54H,3-25,27,29-33,35,37-39H2,1-2H3,(H,48,51)/b28-26+,36-34+/t40-,41+,42-,44-,45?,46?,47-/m0/s1. The first-order valence-corrected chi connectivity index (χ1v) is 23.6. The molecule has 1 heterocycles. The highest BCUT2D eigenvalue weighted by molar-refractivity contribution is 5.76. The summed E-state index contributed by atoms with van der Waals surface area (Å²) in [5.41, 5.74) is 0. The topological polar surface area (TPSA) is 149 Å². The van der Waals surface area contributed by atoms with E-state index in [-0.39, 0.29) is 12.5 Å². The Hall–Kier alpha value is -1.33. The van der Waals surface area contributed by atoms with Gasteiger partial charge in [-0.3, -0.25) is 4.79 Å². The van der Waals surface area contributed by atoms with Gasteiger partial charge in [0.05, 0.1) is 25.4 Å². The van der Waals surface area contributed by atoms with Crippen LogP contribution in [0.2, 0.25) is 0 Å². The Labute approximate surface area is 343 Å². The van der Waals surface area contributed by atoms with Crippen molar-refractivity contribution in [2.24, 2.45) is 0 Å². The lowest BCUT2D eigenvalue weighted by Gasteiger charge is -2.40. The number of unbranched alkanes of at least 4 members (excludes halogenated alkanes) is 27. The zero-order chi connectivity index (χ0) is 40.9. The van der Waals surface area contributed by atoms with Gasteiger partial charge in [-0.05, 0) is 32.1 Å². The Morgan fingerprint density at radius 3 is 1.50 bits per heavy atom. The van der Waals surface area contributed by atoms with Crippen molar-refractivity contribution in [3.8, 4) is 0 Å². The molecule has 1 rings (SSSR count). The van der Waals surface area contributed by atoms with Crippen molar-refractivity contribution in [3.63, 3.8) is 0 Å². The predicted octanol–water partition coefficient (Wildman–Crippen LogP) is 9.89. The third-order valence-corrected chi connectivity index (χ3v) is 11.3. The van der Waals surface area contributed by atoms with E-state index in [0.29, 0.717) is 6.42 Å². The van der Waals surface area contributed by atoms with Crippen molar-refractivity contribution in [1.82, 2.24) is 5.32 Å². The van der Waals surface area contributed by atoms with Gasteiger partial charge in [-0.1, -0.05) is 199 Å². The van der Waals surface area contributed by atoms with Gasteiger partial charge in [-0.15, -0.1) is 0 Å². The summed E-state index contributed by atoms with van der Waals surface area (Å²) < 4.78 is 11.2. The number of hydrogen-bond acceptors (Lipinski definition) is 8. The molecule has 1 aliphatic rings. The Bertz CT molecular complexity index is 930. The monoisotopic (exact) mass is 796 g/mol. The molecule has 330 valence electrons. The number of hydrogen-bond donors (Lipinski definition) is 6. The van der Waals surface area contributed by atoms with Gasteiger partial charge in [-0.2, -0.15) is 0 Å². The molecule has 0 aromatic heterocycles. The van der Waals surface area contributed by atoms with Crippen molar-refractivity contribution >= 4 is 5.91 Å². The summed E-state index contributed by atoms with van der Waals surface area (Å²) in [5, 5.41) is 54.2. The Kier molecular flexibility index (Phi) is 35.7. The van der Waals surface area contributed by atoms with Crippen molar-refractivity contribution in [2.45, 2.75) is 256 Å². The minimum atomic E-state index is -1.57. The van der Waals surface area contributed by atoms with E-state index in [4.69, 9.17) is 9.47 Å². The van der Waals surface area contributed by atoms with Crippen LogP contribution in [-0.4, -0.2) is 87.5 Å². The molecular formula is C47H89NO8. The first kappa shape index (κ1) is 52.7. The number of nitrogens with one attached hydrogen (secondary N) is 1. The maximum atomic E-state index is 12.9. The minimum absolute atomic E-state index is 0.185. The molecule has 9 nitrogen and oxygen atoms in total. The van der Waals surface area contributed by atoms with E-state index in [2.05, 4.69) is 31.3 Å². The van der Waals surface area contributed by atoms with Crippen LogP contribution >= 0.6 is 0 Å². The molecule has 0 saturated carbocycles. The van der Waals surface area contributed by atoms with Gasteiger partial charge in [-0.25, -0.2) is 0 Å². The highest BCUT2D eigenvalue weighted by atomic mass is 16.7. The molecule has 1 saturated heterocycles. The van der Waals surface area contributed by atoms with Crippen LogP contribution in [-0.2, 0) is 14.3 Å². The van der Waals surface area contributed by atoms with Crippen LogP contribution in [0.3, 0.4) is 0 Å². The number of aliphatic hydroxyl groups is 5. The van der Waals surface area contributed by atoms with Gasteiger partial charge in [0.1, 0.15) is 24.4 Å². The zero-order valence-corrected chi connectivity index (χ0v) is 36.1. The van der Waals surface area contributed by atoms with Gasteiger partial charge >= 0.3 is 0 Å². The molecular weight excluding hydrogens is 707 g/mol. The fourth-order valence-corrected chi connectivity index (χ4v) is 7.47. The zero-order valence-electron chi connectivity index (χ0n) is 36.1. The Balaban J connectivity index is 2.37. The highest BCUT2D eigenvalue weighted by Crippen LogP contribution is 2.23. The second kappa shape index (κ2) is 37.9. The van der Waals surface area contributed by atoms with Crippen molar-refractivity contribution in [1.29, 1.82) is 0 Å². The van der Waals surface area contributed by atoms with E-state index >= 15 is 0 Å². The molecule has 6 N–H and O–H groups in total. The quantitative estimate of drug-likeness (QED) is 0.0266. The third-order valence-electron chi connectivity index (χ3n) is 11.3. The summed E-state index contributed by atoms with van der Waals surface area (Å²) in [7, 11) is 0. The van der Waals surface area contributed by atoms with Crippen LogP contribution in [0.4, 0.5) is 0 Å². The molecule has 56 heavy (non-hydrogen) atoms. The number of ether oxygens (including phenoxy) is 2. The van der Waals surface area contributed by atoms with Crippen molar-refractivity contribution in [2.75, 3.05) is 13.2 Å². The lowest BCUT2D eigenvalue weighted by atomic mass is 9.99. The largest absolute Gasteiger partial charge is 0.394 e. The van der Waals surface area contributed by atoms with Gasteiger partial charge in [0, 0.05) is 6.42 Å². The number of carbonyl (C=O) groups excluding carboxylic acids is 1. The number of amides is 1. The number of carbonyl (C=O) groups is 1. The van der Waals surface area contributed by atoms with E-state index in [0.717, 1.165) is 38.5 Å². The number of aliphatic hydroxyl groups excluding tert-OH is 5.